The third kappa shape index (κ3) is 2.82. The zero-order chi connectivity index (χ0) is 14.0. The number of carbonyl (C=O) groups is 1. The molecule has 1 aliphatic rings. The van der Waals surface area contributed by atoms with Crippen molar-refractivity contribution >= 4 is 11.8 Å². The van der Waals surface area contributed by atoms with Crippen LogP contribution in [0.3, 0.4) is 0 Å². The maximum Gasteiger partial charge on any atom is 0.407 e. The lowest BCUT2D eigenvalue weighted by molar-refractivity contribution is -0.385. The Labute approximate surface area is 109 Å². The van der Waals surface area contributed by atoms with Crippen LogP contribution in [0.2, 0.25) is 0 Å². The summed E-state index contributed by atoms with van der Waals surface area (Å²) in [6.45, 7) is 2.57. The highest BCUT2D eigenvalue weighted by atomic mass is 16.6. The third-order valence-corrected chi connectivity index (χ3v) is 3.13. The minimum absolute atomic E-state index is 0.0506. The Hall–Kier alpha value is -2.15. The maximum atomic E-state index is 10.9. The van der Waals surface area contributed by atoms with Gasteiger partial charge in [-0.05, 0) is 24.6 Å². The number of hydrogen-bond donors (Lipinski definition) is 1. The van der Waals surface area contributed by atoms with Gasteiger partial charge in [-0.1, -0.05) is 0 Å². The first-order chi connectivity index (χ1) is 8.99. The fraction of sp³-hybridized carbons (Fsp3) is 0.417. The van der Waals surface area contributed by atoms with Crippen molar-refractivity contribution in [3.8, 4) is 0 Å². The summed E-state index contributed by atoms with van der Waals surface area (Å²) in [6.07, 6.45) is -1.35. The second kappa shape index (κ2) is 5.23. The predicted molar refractivity (Wildman–Crippen MR) is 66.1 cm³/mol. The van der Waals surface area contributed by atoms with E-state index in [1.165, 1.54) is 11.0 Å². The summed E-state index contributed by atoms with van der Waals surface area (Å²) in [7, 11) is 0. The molecule has 7 nitrogen and oxygen atoms in total. The van der Waals surface area contributed by atoms with Crippen LogP contribution in [0.1, 0.15) is 17.2 Å². The second-order valence-corrected chi connectivity index (χ2v) is 4.39. The lowest BCUT2D eigenvalue weighted by Crippen LogP contribution is -2.41. The molecule has 1 fully saturated rings. The topological polar surface area (TPSA) is 92.9 Å². The van der Waals surface area contributed by atoms with Crippen LogP contribution in [0.5, 0.6) is 0 Å². The van der Waals surface area contributed by atoms with Gasteiger partial charge < -0.3 is 14.7 Å². The molecule has 1 N–H and O–H groups in total. The van der Waals surface area contributed by atoms with Crippen LogP contribution < -0.4 is 0 Å². The standard InChI is InChI=1S/C12H14N2O5/c1-8-6-9(2-3-10(8)14(17)18)11-7-13(12(15)16)4-5-19-11/h2-3,6,11H,4-5,7H2,1H3,(H,15,16). The van der Waals surface area contributed by atoms with Gasteiger partial charge >= 0.3 is 6.09 Å². The molecule has 0 saturated carbocycles. The molecule has 7 heteroatoms. The van der Waals surface area contributed by atoms with E-state index in [0.717, 1.165) is 5.56 Å². The summed E-state index contributed by atoms with van der Waals surface area (Å²) in [5.41, 5.74) is 1.35. The lowest BCUT2D eigenvalue weighted by atomic mass is 10.0. The van der Waals surface area contributed by atoms with Crippen molar-refractivity contribution in [3.05, 3.63) is 39.4 Å². The minimum Gasteiger partial charge on any atom is -0.465 e. The highest BCUT2D eigenvalue weighted by Gasteiger charge is 2.25. The molecular formula is C12H14N2O5. The monoisotopic (exact) mass is 266 g/mol. The highest BCUT2D eigenvalue weighted by molar-refractivity contribution is 5.65. The van der Waals surface area contributed by atoms with Crippen LogP contribution in [0, 0.1) is 17.0 Å². The van der Waals surface area contributed by atoms with Gasteiger partial charge in [-0.15, -0.1) is 0 Å². The number of nitro groups is 1. The molecule has 0 aromatic heterocycles. The Morgan fingerprint density at radius 3 is 2.89 bits per heavy atom. The average Bonchev–Trinajstić information content (AvgIpc) is 2.38. The van der Waals surface area contributed by atoms with E-state index >= 15 is 0 Å². The zero-order valence-corrected chi connectivity index (χ0v) is 10.4. The third-order valence-electron chi connectivity index (χ3n) is 3.13. The molecule has 1 amide bonds. The summed E-state index contributed by atoms with van der Waals surface area (Å²) in [5.74, 6) is 0. The Balaban J connectivity index is 2.20. The predicted octanol–water partition coefficient (Wildman–Crippen LogP) is 1.95. The fourth-order valence-electron chi connectivity index (χ4n) is 2.11. The molecule has 1 aliphatic heterocycles. The molecule has 0 radical (unpaired) electrons. The highest BCUT2D eigenvalue weighted by Crippen LogP contribution is 2.27. The number of rotatable bonds is 2. The largest absolute Gasteiger partial charge is 0.465 e. The van der Waals surface area contributed by atoms with E-state index in [-0.39, 0.29) is 18.3 Å². The molecule has 2 rings (SSSR count). The van der Waals surface area contributed by atoms with Gasteiger partial charge in [-0.3, -0.25) is 10.1 Å². The van der Waals surface area contributed by atoms with Gasteiger partial charge in [0.05, 0.1) is 18.1 Å². The van der Waals surface area contributed by atoms with E-state index in [9.17, 15) is 14.9 Å². The van der Waals surface area contributed by atoms with Crippen molar-refractivity contribution in [2.75, 3.05) is 19.7 Å². The van der Waals surface area contributed by atoms with Crippen molar-refractivity contribution in [1.82, 2.24) is 4.90 Å². The summed E-state index contributed by atoms with van der Waals surface area (Å²) < 4.78 is 5.52. The molecule has 0 aliphatic carbocycles. The van der Waals surface area contributed by atoms with E-state index in [1.807, 2.05) is 0 Å². The summed E-state index contributed by atoms with van der Waals surface area (Å²) in [4.78, 5) is 22.5. The SMILES string of the molecule is Cc1cc(C2CN(C(=O)O)CCO2)ccc1[N+](=O)[O-]. The molecule has 1 unspecified atom stereocenters. The van der Waals surface area contributed by atoms with Crippen LogP contribution in [0.4, 0.5) is 10.5 Å². The van der Waals surface area contributed by atoms with Gasteiger partial charge in [0.1, 0.15) is 6.10 Å². The maximum absolute atomic E-state index is 10.9. The number of benzene rings is 1. The van der Waals surface area contributed by atoms with Gasteiger partial charge in [-0.2, -0.15) is 0 Å². The first kappa shape index (κ1) is 13.3. The van der Waals surface area contributed by atoms with Crippen molar-refractivity contribution in [2.24, 2.45) is 0 Å². The van der Waals surface area contributed by atoms with Gasteiger partial charge in [0, 0.05) is 18.2 Å². The molecule has 0 bridgehead atoms. The number of carboxylic acid groups (broad SMARTS) is 1. The quantitative estimate of drug-likeness (QED) is 0.652. The van der Waals surface area contributed by atoms with Crippen molar-refractivity contribution in [1.29, 1.82) is 0 Å². The first-order valence-electron chi connectivity index (χ1n) is 5.83. The zero-order valence-electron chi connectivity index (χ0n) is 10.4. The number of ether oxygens (including phenoxy) is 1. The summed E-state index contributed by atoms with van der Waals surface area (Å²) in [5, 5.41) is 19.7. The Bertz CT molecular complexity index is 517. The number of aryl methyl sites for hydroxylation is 1. The number of amides is 1. The Morgan fingerprint density at radius 1 is 1.58 bits per heavy atom. The van der Waals surface area contributed by atoms with E-state index in [4.69, 9.17) is 9.84 Å². The Morgan fingerprint density at radius 2 is 2.32 bits per heavy atom. The van der Waals surface area contributed by atoms with Gasteiger partial charge in [0.25, 0.3) is 5.69 Å². The van der Waals surface area contributed by atoms with Crippen LogP contribution >= 0.6 is 0 Å². The van der Waals surface area contributed by atoms with E-state index < -0.39 is 11.0 Å². The fourth-order valence-corrected chi connectivity index (χ4v) is 2.11. The first-order valence-corrected chi connectivity index (χ1v) is 5.83. The number of morpholine rings is 1. The van der Waals surface area contributed by atoms with Gasteiger partial charge in [-0.25, -0.2) is 4.79 Å². The van der Waals surface area contributed by atoms with E-state index in [0.29, 0.717) is 18.7 Å². The molecule has 1 aromatic carbocycles. The van der Waals surface area contributed by atoms with Crippen LogP contribution in [-0.4, -0.2) is 40.7 Å². The van der Waals surface area contributed by atoms with Crippen LogP contribution in [-0.2, 0) is 4.74 Å². The van der Waals surface area contributed by atoms with Crippen molar-refractivity contribution in [2.45, 2.75) is 13.0 Å². The molecule has 1 atom stereocenters. The second-order valence-electron chi connectivity index (χ2n) is 4.39. The minimum atomic E-state index is -0.980. The summed E-state index contributed by atoms with van der Waals surface area (Å²) in [6, 6.07) is 4.71. The van der Waals surface area contributed by atoms with Crippen molar-refractivity contribution in [3.63, 3.8) is 0 Å². The average molecular weight is 266 g/mol. The molecular weight excluding hydrogens is 252 g/mol. The number of nitrogens with zero attached hydrogens (tertiary/aromatic N) is 2. The molecule has 19 heavy (non-hydrogen) atoms. The molecule has 102 valence electrons. The van der Waals surface area contributed by atoms with Crippen molar-refractivity contribution < 1.29 is 19.6 Å². The van der Waals surface area contributed by atoms with Gasteiger partial charge in [0.15, 0.2) is 0 Å². The van der Waals surface area contributed by atoms with Gasteiger partial charge in [0.2, 0.25) is 0 Å². The number of nitro benzene ring substituents is 1. The van der Waals surface area contributed by atoms with E-state index in [1.54, 1.807) is 19.1 Å². The molecule has 1 heterocycles. The smallest absolute Gasteiger partial charge is 0.407 e. The van der Waals surface area contributed by atoms with E-state index in [2.05, 4.69) is 0 Å². The molecule has 0 spiro atoms. The number of hydrogen-bond acceptors (Lipinski definition) is 4. The lowest BCUT2D eigenvalue weighted by Gasteiger charge is -2.31. The molecule has 1 aromatic rings. The van der Waals surface area contributed by atoms with Crippen LogP contribution in [0.15, 0.2) is 18.2 Å². The van der Waals surface area contributed by atoms with Crippen LogP contribution in [0.25, 0.3) is 0 Å². The molecule has 1 saturated heterocycles. The summed E-state index contributed by atoms with van der Waals surface area (Å²) >= 11 is 0. The Kier molecular flexibility index (Phi) is 3.66. The normalized spacial score (nSPS) is 19.2.